The summed E-state index contributed by atoms with van der Waals surface area (Å²) >= 11 is 1.01. The maximum Gasteiger partial charge on any atom is 0.335 e. The Balaban J connectivity index is 0.000000165. The van der Waals surface area contributed by atoms with Crippen LogP contribution in [0.5, 0.6) is 0 Å². The van der Waals surface area contributed by atoms with Gasteiger partial charge in [-0.25, -0.2) is 4.79 Å². The summed E-state index contributed by atoms with van der Waals surface area (Å²) in [5.41, 5.74) is 0.331. The van der Waals surface area contributed by atoms with E-state index >= 15 is 0 Å². The minimum Gasteiger partial charge on any atom is -0.478 e. The number of imide groups is 1. The standard InChI is InChI=1S/C7H6O2.C3H3NO2S/c8-7(9)6-4-2-1-3-5-6;5-2-1-7-3(6)4-2/h1-5H,(H,8,9);1H2,(H,4,5,6). The average molecular weight is 239 g/mol. The van der Waals surface area contributed by atoms with Crippen molar-refractivity contribution >= 4 is 28.9 Å². The van der Waals surface area contributed by atoms with E-state index in [-0.39, 0.29) is 11.1 Å². The second-order valence-corrected chi connectivity index (χ2v) is 3.74. The maximum absolute atomic E-state index is 10.2. The molecule has 0 atom stereocenters. The van der Waals surface area contributed by atoms with Crippen LogP contribution in [0.25, 0.3) is 0 Å². The summed E-state index contributed by atoms with van der Waals surface area (Å²) in [6.07, 6.45) is 0. The van der Waals surface area contributed by atoms with Gasteiger partial charge in [-0.2, -0.15) is 0 Å². The molecule has 5 nitrogen and oxygen atoms in total. The molecule has 1 aliphatic heterocycles. The van der Waals surface area contributed by atoms with Crippen LogP contribution in [0.2, 0.25) is 0 Å². The van der Waals surface area contributed by atoms with E-state index in [1.807, 2.05) is 0 Å². The van der Waals surface area contributed by atoms with Crippen LogP contribution < -0.4 is 5.32 Å². The minimum atomic E-state index is -0.879. The Morgan fingerprint density at radius 1 is 1.25 bits per heavy atom. The van der Waals surface area contributed by atoms with Crippen LogP contribution in [0.4, 0.5) is 4.79 Å². The van der Waals surface area contributed by atoms with E-state index in [2.05, 4.69) is 5.32 Å². The van der Waals surface area contributed by atoms with Crippen LogP contribution in [0.3, 0.4) is 0 Å². The van der Waals surface area contributed by atoms with Gasteiger partial charge >= 0.3 is 5.97 Å². The monoisotopic (exact) mass is 239 g/mol. The summed E-state index contributed by atoms with van der Waals surface area (Å²) < 4.78 is 0. The van der Waals surface area contributed by atoms with Gasteiger partial charge in [0.05, 0.1) is 11.3 Å². The van der Waals surface area contributed by atoms with Crippen LogP contribution in [0.1, 0.15) is 10.4 Å². The van der Waals surface area contributed by atoms with Gasteiger partial charge in [0.1, 0.15) is 0 Å². The Bertz CT molecular complexity index is 391. The van der Waals surface area contributed by atoms with E-state index in [0.29, 0.717) is 11.3 Å². The maximum atomic E-state index is 10.2. The second kappa shape index (κ2) is 5.92. The fourth-order valence-corrected chi connectivity index (χ4v) is 1.42. The SMILES string of the molecule is O=C(O)c1ccccc1.O=C1CSC(=O)N1. The highest BCUT2D eigenvalue weighted by Crippen LogP contribution is 2.06. The van der Waals surface area contributed by atoms with Crippen LogP contribution in [0, 0.1) is 0 Å². The molecule has 2 amide bonds. The van der Waals surface area contributed by atoms with Crippen molar-refractivity contribution in [2.24, 2.45) is 0 Å². The molecular weight excluding hydrogens is 230 g/mol. The molecule has 0 bridgehead atoms. The summed E-state index contributed by atoms with van der Waals surface area (Å²) in [5.74, 6) is -0.774. The van der Waals surface area contributed by atoms with Gasteiger partial charge in [0, 0.05) is 0 Å². The predicted octanol–water partition coefficient (Wildman–Crippen LogP) is 1.35. The Morgan fingerprint density at radius 2 is 1.88 bits per heavy atom. The third-order valence-corrected chi connectivity index (χ3v) is 2.37. The van der Waals surface area contributed by atoms with Crippen molar-refractivity contribution in [1.29, 1.82) is 0 Å². The van der Waals surface area contributed by atoms with Gasteiger partial charge in [-0.1, -0.05) is 30.0 Å². The molecule has 0 radical (unpaired) electrons. The summed E-state index contributed by atoms with van der Waals surface area (Å²) in [6, 6.07) is 8.30. The van der Waals surface area contributed by atoms with E-state index in [9.17, 15) is 14.4 Å². The zero-order valence-corrected chi connectivity index (χ0v) is 8.99. The summed E-state index contributed by atoms with van der Waals surface area (Å²) in [7, 11) is 0. The van der Waals surface area contributed by atoms with Crippen LogP contribution in [-0.4, -0.2) is 28.0 Å². The first-order chi connectivity index (χ1) is 7.59. The molecule has 0 aliphatic carbocycles. The fraction of sp³-hybridized carbons (Fsp3) is 0.100. The lowest BCUT2D eigenvalue weighted by Crippen LogP contribution is -2.18. The zero-order valence-electron chi connectivity index (χ0n) is 8.17. The van der Waals surface area contributed by atoms with Gasteiger partial charge in [0.15, 0.2) is 0 Å². The number of aromatic carboxylic acids is 1. The Kier molecular flexibility index (Phi) is 4.53. The van der Waals surface area contributed by atoms with Crippen molar-refractivity contribution in [3.05, 3.63) is 35.9 Å². The molecule has 0 unspecified atom stereocenters. The van der Waals surface area contributed by atoms with Gasteiger partial charge in [-0.05, 0) is 12.1 Å². The molecule has 0 saturated carbocycles. The molecule has 6 heteroatoms. The molecule has 2 N–H and O–H groups in total. The average Bonchev–Trinajstić information content (AvgIpc) is 2.65. The van der Waals surface area contributed by atoms with Crippen LogP contribution >= 0.6 is 11.8 Å². The lowest BCUT2D eigenvalue weighted by atomic mass is 10.2. The number of thioether (sulfide) groups is 1. The van der Waals surface area contributed by atoms with Crippen LogP contribution in [0.15, 0.2) is 30.3 Å². The van der Waals surface area contributed by atoms with E-state index in [1.54, 1.807) is 30.3 Å². The van der Waals surface area contributed by atoms with Crippen LogP contribution in [-0.2, 0) is 4.79 Å². The number of carbonyl (C=O) groups is 3. The number of rotatable bonds is 1. The van der Waals surface area contributed by atoms with Gasteiger partial charge in [0.2, 0.25) is 5.91 Å². The third kappa shape index (κ3) is 4.14. The molecule has 84 valence electrons. The largest absolute Gasteiger partial charge is 0.478 e. The second-order valence-electron chi connectivity index (χ2n) is 2.80. The number of hydrogen-bond donors (Lipinski definition) is 2. The van der Waals surface area contributed by atoms with Gasteiger partial charge in [0.25, 0.3) is 5.24 Å². The molecule has 1 heterocycles. The molecule has 0 spiro atoms. The van der Waals surface area contributed by atoms with Crippen molar-refractivity contribution in [3.63, 3.8) is 0 Å². The first kappa shape index (κ1) is 12.3. The van der Waals surface area contributed by atoms with Crippen molar-refractivity contribution in [2.75, 3.05) is 5.75 Å². The van der Waals surface area contributed by atoms with E-state index in [1.165, 1.54) is 0 Å². The first-order valence-corrected chi connectivity index (χ1v) is 5.33. The van der Waals surface area contributed by atoms with Crippen molar-refractivity contribution in [1.82, 2.24) is 5.32 Å². The molecular formula is C10H9NO4S. The van der Waals surface area contributed by atoms with Gasteiger partial charge in [-0.15, -0.1) is 0 Å². The lowest BCUT2D eigenvalue weighted by Gasteiger charge is -1.88. The van der Waals surface area contributed by atoms with Gasteiger partial charge in [-0.3, -0.25) is 14.9 Å². The van der Waals surface area contributed by atoms with E-state index in [4.69, 9.17) is 5.11 Å². The first-order valence-electron chi connectivity index (χ1n) is 4.34. The fourth-order valence-electron chi connectivity index (χ4n) is 0.898. The predicted molar refractivity (Wildman–Crippen MR) is 59.4 cm³/mol. The number of hydrogen-bond acceptors (Lipinski definition) is 4. The number of carbonyl (C=O) groups excluding carboxylic acids is 2. The number of carboxylic acids is 1. The topological polar surface area (TPSA) is 83.5 Å². The van der Waals surface area contributed by atoms with E-state index in [0.717, 1.165) is 11.8 Å². The highest BCUT2D eigenvalue weighted by atomic mass is 32.2. The van der Waals surface area contributed by atoms with Crippen molar-refractivity contribution in [2.45, 2.75) is 0 Å². The molecule has 1 aliphatic rings. The molecule has 1 fully saturated rings. The molecule has 1 aromatic rings. The lowest BCUT2D eigenvalue weighted by molar-refractivity contribution is -0.117. The number of benzene rings is 1. The molecule has 1 saturated heterocycles. The molecule has 1 aromatic carbocycles. The molecule has 16 heavy (non-hydrogen) atoms. The Hall–Kier alpha value is -1.82. The summed E-state index contributed by atoms with van der Waals surface area (Å²) in [4.78, 5) is 30.4. The number of amides is 2. The Morgan fingerprint density at radius 3 is 2.12 bits per heavy atom. The normalized spacial score (nSPS) is 13.8. The number of carboxylic acid groups (broad SMARTS) is 1. The number of nitrogens with one attached hydrogen (secondary N) is 1. The highest BCUT2D eigenvalue weighted by molar-refractivity contribution is 8.14. The van der Waals surface area contributed by atoms with Crippen molar-refractivity contribution < 1.29 is 19.5 Å². The summed E-state index contributed by atoms with van der Waals surface area (Å²) in [6.45, 7) is 0. The smallest absolute Gasteiger partial charge is 0.335 e. The van der Waals surface area contributed by atoms with Crippen molar-refractivity contribution in [3.8, 4) is 0 Å². The molecule has 2 rings (SSSR count). The minimum absolute atomic E-state index is 0.185. The third-order valence-electron chi connectivity index (χ3n) is 1.60. The highest BCUT2D eigenvalue weighted by Gasteiger charge is 2.16. The zero-order chi connectivity index (χ0) is 12.0. The quantitative estimate of drug-likeness (QED) is 0.773. The summed E-state index contributed by atoms with van der Waals surface area (Å²) in [5, 5.41) is 10.3. The molecule has 0 aromatic heterocycles. The van der Waals surface area contributed by atoms with E-state index < -0.39 is 5.97 Å². The van der Waals surface area contributed by atoms with Gasteiger partial charge < -0.3 is 5.11 Å². The Labute approximate surface area is 95.8 Å².